The number of primary amides is 1. The van der Waals surface area contributed by atoms with Crippen molar-refractivity contribution in [3.8, 4) is 0 Å². The minimum atomic E-state index is -1.08. The van der Waals surface area contributed by atoms with Gasteiger partial charge >= 0.3 is 6.03 Å². The molecule has 0 aromatic heterocycles. The standard InChI is InChI=1S/C27H43N5O5/c1-5-9-17(21(33)22(28)34)29-23(35)20-18-16(26(18,2)3)14-32(20)24(36)19(15-10-7-6-8-11-15)30-25(37)31-27(4)12-13-27/h15-20H,5-14H2,1-4H3,(H2,28,34)(H,29,35)(H2,30,31,37). The number of piperidine rings is 1. The van der Waals surface area contributed by atoms with Crippen LogP contribution in [0.1, 0.15) is 85.5 Å². The van der Waals surface area contributed by atoms with Crippen LogP contribution in [-0.2, 0) is 19.2 Å². The van der Waals surface area contributed by atoms with Crippen LogP contribution < -0.4 is 21.7 Å². The van der Waals surface area contributed by atoms with Crippen molar-refractivity contribution in [3.63, 3.8) is 0 Å². The van der Waals surface area contributed by atoms with Crippen LogP contribution in [0.5, 0.6) is 0 Å². The summed E-state index contributed by atoms with van der Waals surface area (Å²) in [6.45, 7) is 8.44. The zero-order valence-electron chi connectivity index (χ0n) is 22.6. The Balaban J connectivity index is 1.55. The molecule has 206 valence electrons. The number of amides is 5. The number of likely N-dealkylation sites (tertiary alicyclic amines) is 1. The van der Waals surface area contributed by atoms with E-state index in [1.807, 2.05) is 13.8 Å². The summed E-state index contributed by atoms with van der Waals surface area (Å²) in [6, 6.07) is -2.82. The Labute approximate surface area is 219 Å². The highest BCUT2D eigenvalue weighted by Gasteiger charge is 2.69. The largest absolute Gasteiger partial charge is 0.363 e. The molecule has 5 N–H and O–H groups in total. The molecule has 1 saturated heterocycles. The summed E-state index contributed by atoms with van der Waals surface area (Å²) in [5.74, 6) is -2.46. The van der Waals surface area contributed by atoms with Crippen molar-refractivity contribution in [3.05, 3.63) is 0 Å². The van der Waals surface area contributed by atoms with Gasteiger partial charge in [-0.3, -0.25) is 19.2 Å². The predicted molar refractivity (Wildman–Crippen MR) is 137 cm³/mol. The molecule has 4 fully saturated rings. The quantitative estimate of drug-likeness (QED) is 0.325. The summed E-state index contributed by atoms with van der Waals surface area (Å²) in [5.41, 5.74) is 4.89. The summed E-state index contributed by atoms with van der Waals surface area (Å²) >= 11 is 0. The molecule has 3 aliphatic carbocycles. The Kier molecular flexibility index (Phi) is 7.59. The third-order valence-corrected chi connectivity index (χ3v) is 9.30. The van der Waals surface area contributed by atoms with E-state index in [9.17, 15) is 24.0 Å². The van der Waals surface area contributed by atoms with Crippen molar-refractivity contribution >= 4 is 29.5 Å². The average molecular weight is 518 g/mol. The Morgan fingerprint density at radius 1 is 1.00 bits per heavy atom. The van der Waals surface area contributed by atoms with Gasteiger partial charge in [0, 0.05) is 12.1 Å². The van der Waals surface area contributed by atoms with Gasteiger partial charge in [-0.15, -0.1) is 0 Å². The number of nitrogens with two attached hydrogens (primary N) is 1. The fourth-order valence-electron chi connectivity index (χ4n) is 6.59. The third kappa shape index (κ3) is 5.62. The van der Waals surface area contributed by atoms with Gasteiger partial charge in [0.15, 0.2) is 0 Å². The molecular weight excluding hydrogens is 474 g/mol. The number of hydrogen-bond acceptors (Lipinski definition) is 5. The first kappa shape index (κ1) is 27.4. The lowest BCUT2D eigenvalue weighted by atomic mass is 9.83. The number of hydrogen-bond donors (Lipinski definition) is 4. The van der Waals surface area contributed by atoms with Gasteiger partial charge in [-0.2, -0.15) is 0 Å². The summed E-state index contributed by atoms with van der Waals surface area (Å²) in [5, 5.41) is 8.70. The van der Waals surface area contributed by atoms with Crippen molar-refractivity contribution in [2.45, 2.75) is 109 Å². The Hall–Kier alpha value is -2.65. The molecule has 0 spiro atoms. The van der Waals surface area contributed by atoms with E-state index >= 15 is 0 Å². The number of urea groups is 1. The Morgan fingerprint density at radius 2 is 1.65 bits per heavy atom. The first-order chi connectivity index (χ1) is 17.4. The van der Waals surface area contributed by atoms with Crippen LogP contribution in [0.15, 0.2) is 0 Å². The van der Waals surface area contributed by atoms with Gasteiger partial charge in [0.05, 0.1) is 6.04 Å². The number of nitrogens with one attached hydrogen (secondary N) is 3. The van der Waals surface area contributed by atoms with Crippen LogP contribution in [0.4, 0.5) is 4.79 Å². The zero-order valence-corrected chi connectivity index (χ0v) is 22.6. The molecule has 5 amide bonds. The maximum Gasteiger partial charge on any atom is 0.315 e. The maximum absolute atomic E-state index is 14.1. The van der Waals surface area contributed by atoms with E-state index < -0.39 is 35.7 Å². The molecule has 5 atom stereocenters. The van der Waals surface area contributed by atoms with Crippen LogP contribution in [0, 0.1) is 23.2 Å². The van der Waals surface area contributed by atoms with Gasteiger partial charge in [0.1, 0.15) is 12.1 Å². The summed E-state index contributed by atoms with van der Waals surface area (Å²) in [4.78, 5) is 66.1. The van der Waals surface area contributed by atoms with Gasteiger partial charge in [0.2, 0.25) is 17.6 Å². The molecule has 1 aliphatic heterocycles. The molecule has 0 bridgehead atoms. The maximum atomic E-state index is 14.1. The molecule has 0 aromatic rings. The SMILES string of the molecule is CCCC(NC(=O)C1C2C(CN1C(=O)C(NC(=O)NC1(C)CC1)C1CCCCC1)C2(C)C)C(=O)C(N)=O. The third-order valence-electron chi connectivity index (χ3n) is 9.30. The second kappa shape index (κ2) is 10.3. The number of Topliss-reactive ketones (excluding diaryl/α,β-unsaturated/α-hetero) is 1. The highest BCUT2D eigenvalue weighted by atomic mass is 16.2. The Morgan fingerprint density at radius 3 is 2.22 bits per heavy atom. The fourth-order valence-corrected chi connectivity index (χ4v) is 6.59. The lowest BCUT2D eigenvalue weighted by Crippen LogP contribution is -2.60. The monoisotopic (exact) mass is 517 g/mol. The highest BCUT2D eigenvalue weighted by molar-refractivity contribution is 6.37. The fraction of sp³-hybridized carbons (Fsp3) is 0.815. The first-order valence-electron chi connectivity index (χ1n) is 13.9. The van der Waals surface area contributed by atoms with Crippen LogP contribution in [0.2, 0.25) is 0 Å². The number of carbonyl (C=O) groups excluding carboxylic acids is 5. The predicted octanol–water partition coefficient (Wildman–Crippen LogP) is 1.61. The number of ketones is 1. The molecule has 10 nitrogen and oxygen atoms in total. The van der Waals surface area contributed by atoms with E-state index in [-0.39, 0.29) is 47.1 Å². The topological polar surface area (TPSA) is 151 Å². The van der Waals surface area contributed by atoms with Crippen LogP contribution in [0.25, 0.3) is 0 Å². The first-order valence-corrected chi connectivity index (χ1v) is 13.9. The van der Waals surface area contributed by atoms with Crippen molar-refractivity contribution in [2.75, 3.05) is 6.54 Å². The average Bonchev–Trinajstić information content (AvgIpc) is 3.61. The number of carbonyl (C=O) groups is 5. The second-order valence-corrected chi connectivity index (χ2v) is 12.5. The minimum Gasteiger partial charge on any atom is -0.363 e. The molecule has 37 heavy (non-hydrogen) atoms. The molecule has 5 unspecified atom stereocenters. The van der Waals surface area contributed by atoms with E-state index in [4.69, 9.17) is 5.73 Å². The molecular formula is C27H43N5O5. The van der Waals surface area contributed by atoms with Crippen molar-refractivity contribution < 1.29 is 24.0 Å². The van der Waals surface area contributed by atoms with E-state index in [0.29, 0.717) is 13.0 Å². The summed E-state index contributed by atoms with van der Waals surface area (Å²) in [6.07, 6.45) is 7.52. The molecule has 1 heterocycles. The molecule has 0 radical (unpaired) electrons. The van der Waals surface area contributed by atoms with Gasteiger partial charge < -0.3 is 26.6 Å². The number of nitrogens with zero attached hydrogens (tertiary/aromatic N) is 1. The number of rotatable bonds is 10. The molecule has 10 heteroatoms. The zero-order chi connectivity index (χ0) is 27.1. The molecule has 4 aliphatic rings. The lowest BCUT2D eigenvalue weighted by molar-refractivity contribution is -0.144. The van der Waals surface area contributed by atoms with E-state index in [0.717, 1.165) is 44.9 Å². The number of fused-ring (bicyclic) bond motifs is 1. The van der Waals surface area contributed by atoms with E-state index in [1.54, 1.807) is 4.90 Å². The van der Waals surface area contributed by atoms with E-state index in [1.165, 1.54) is 0 Å². The normalized spacial score (nSPS) is 28.9. The van der Waals surface area contributed by atoms with Crippen LogP contribution >= 0.6 is 0 Å². The minimum absolute atomic E-state index is 0.0111. The second-order valence-electron chi connectivity index (χ2n) is 12.5. The van der Waals surface area contributed by atoms with Gasteiger partial charge in [-0.1, -0.05) is 46.5 Å². The molecule has 4 rings (SSSR count). The van der Waals surface area contributed by atoms with Crippen LogP contribution in [-0.4, -0.2) is 64.6 Å². The van der Waals surface area contributed by atoms with E-state index in [2.05, 4.69) is 29.8 Å². The Bertz CT molecular complexity index is 955. The highest BCUT2D eigenvalue weighted by Crippen LogP contribution is 2.65. The molecule has 0 aromatic carbocycles. The van der Waals surface area contributed by atoms with Crippen molar-refractivity contribution in [1.29, 1.82) is 0 Å². The van der Waals surface area contributed by atoms with Gasteiger partial charge in [-0.05, 0) is 62.2 Å². The summed E-state index contributed by atoms with van der Waals surface area (Å²) in [7, 11) is 0. The smallest absolute Gasteiger partial charge is 0.315 e. The lowest BCUT2D eigenvalue weighted by Gasteiger charge is -2.37. The van der Waals surface area contributed by atoms with Gasteiger partial charge in [-0.25, -0.2) is 4.79 Å². The van der Waals surface area contributed by atoms with Crippen LogP contribution in [0.3, 0.4) is 0 Å². The van der Waals surface area contributed by atoms with Crippen molar-refractivity contribution in [2.24, 2.45) is 28.9 Å². The van der Waals surface area contributed by atoms with Crippen molar-refractivity contribution in [1.82, 2.24) is 20.9 Å². The summed E-state index contributed by atoms with van der Waals surface area (Å²) < 4.78 is 0. The molecule has 3 saturated carbocycles. The van der Waals surface area contributed by atoms with Gasteiger partial charge in [0.25, 0.3) is 5.91 Å².